The van der Waals surface area contributed by atoms with Crippen LogP contribution in [0.15, 0.2) is 35.7 Å². The molecule has 50 heavy (non-hydrogen) atoms. The van der Waals surface area contributed by atoms with E-state index in [1.165, 1.54) is 18.3 Å². The number of carbonyl (C=O) groups excluding carboxylic acids is 4. The zero-order valence-corrected chi connectivity index (χ0v) is 31.3. The normalized spacial score (nSPS) is 18.2. The molecule has 4 N–H and O–H groups in total. The van der Waals surface area contributed by atoms with Crippen molar-refractivity contribution in [2.45, 2.75) is 117 Å². The number of carbonyl (C=O) groups is 5. The van der Waals surface area contributed by atoms with Crippen LogP contribution < -0.4 is 16.0 Å². The Hall–Kier alpha value is -3.84. The zero-order valence-electron chi connectivity index (χ0n) is 30.4. The van der Waals surface area contributed by atoms with Gasteiger partial charge in [-0.25, -0.2) is 4.98 Å². The second-order valence-corrected chi connectivity index (χ2v) is 14.8. The Bertz CT molecular complexity index is 1430. The van der Waals surface area contributed by atoms with Crippen molar-refractivity contribution in [3.05, 3.63) is 52.0 Å². The van der Waals surface area contributed by atoms with Crippen LogP contribution in [0.1, 0.15) is 107 Å². The van der Waals surface area contributed by atoms with Gasteiger partial charge in [-0.1, -0.05) is 77.8 Å². The summed E-state index contributed by atoms with van der Waals surface area (Å²) in [5, 5.41) is 20.8. The molecular weight excluding hydrogens is 659 g/mol. The average Bonchev–Trinajstić information content (AvgIpc) is 3.59. The van der Waals surface area contributed by atoms with Crippen molar-refractivity contribution in [2.24, 2.45) is 17.8 Å². The smallest absolute Gasteiger partial charge is 0.306 e. The molecule has 1 aromatic carbocycles. The Morgan fingerprint density at radius 1 is 1.06 bits per heavy atom. The number of hydrogen-bond donors (Lipinski definition) is 4. The number of esters is 1. The number of rotatable bonds is 18. The van der Waals surface area contributed by atoms with Gasteiger partial charge in [0.25, 0.3) is 5.91 Å². The summed E-state index contributed by atoms with van der Waals surface area (Å²) < 4.78 is 5.75. The Balaban J connectivity index is 1.80. The molecule has 2 aromatic rings. The third-order valence-corrected chi connectivity index (χ3v) is 10.5. The van der Waals surface area contributed by atoms with Crippen LogP contribution in [0.2, 0.25) is 0 Å². The van der Waals surface area contributed by atoms with Crippen LogP contribution in [0.5, 0.6) is 0 Å². The van der Waals surface area contributed by atoms with Crippen molar-refractivity contribution in [1.29, 1.82) is 0 Å². The highest BCUT2D eigenvalue weighted by atomic mass is 32.1. The summed E-state index contributed by atoms with van der Waals surface area (Å²) in [6, 6.07) is 7.63. The summed E-state index contributed by atoms with van der Waals surface area (Å²) in [5.74, 6) is -3.15. The minimum absolute atomic E-state index is 0.0481. The third kappa shape index (κ3) is 11.9. The number of ether oxygens (including phenoxy) is 1. The number of amides is 3. The number of benzene rings is 1. The number of piperidine rings is 1. The standard InChI is InChI=1S/C37H55N5O7S/c1-8-23(4)32(41-33(44)28-16-12-13-17-38-28)36(46)42(7)30(22(2)3)20-31(49-25(6)43)35-40-29(21-50-35)34(45)39-27(18-24(5)37(47)48)19-26-14-10-9-11-15-26/h9-11,14-15,21-24,27-28,30-32,38H,8,12-13,16-20H2,1-7H3,(H,39,45)(H,41,44)(H,47,48)/t23-,24-,27?,28+,30+,31+,32-/m0/s1. The van der Waals surface area contributed by atoms with Crippen molar-refractivity contribution in [2.75, 3.05) is 13.6 Å². The van der Waals surface area contributed by atoms with E-state index in [0.29, 0.717) is 17.8 Å². The Morgan fingerprint density at radius 2 is 1.76 bits per heavy atom. The van der Waals surface area contributed by atoms with E-state index in [4.69, 9.17) is 4.74 Å². The molecule has 276 valence electrons. The first-order valence-electron chi connectivity index (χ1n) is 17.7. The van der Waals surface area contributed by atoms with Crippen molar-refractivity contribution in [1.82, 2.24) is 25.8 Å². The highest BCUT2D eigenvalue weighted by molar-refractivity contribution is 7.09. The lowest BCUT2D eigenvalue weighted by Gasteiger charge is -2.37. The number of likely N-dealkylation sites (N-methyl/N-ethyl adjacent to an activating group) is 1. The molecule has 3 amide bonds. The molecular formula is C37H55N5O7S. The number of nitrogens with one attached hydrogen (secondary N) is 3. The first-order valence-corrected chi connectivity index (χ1v) is 18.6. The number of thiazole rings is 1. The van der Waals surface area contributed by atoms with Gasteiger partial charge >= 0.3 is 11.9 Å². The quantitative estimate of drug-likeness (QED) is 0.160. The largest absolute Gasteiger partial charge is 0.481 e. The maximum Gasteiger partial charge on any atom is 0.306 e. The van der Waals surface area contributed by atoms with E-state index < -0.39 is 48.0 Å². The predicted octanol–water partition coefficient (Wildman–Crippen LogP) is 4.75. The van der Waals surface area contributed by atoms with Crippen molar-refractivity contribution in [3.63, 3.8) is 0 Å². The lowest BCUT2D eigenvalue weighted by atomic mass is 9.92. The first-order chi connectivity index (χ1) is 23.7. The fourth-order valence-corrected chi connectivity index (χ4v) is 7.15. The molecule has 1 saturated heterocycles. The van der Waals surface area contributed by atoms with Crippen LogP contribution in [0, 0.1) is 17.8 Å². The van der Waals surface area contributed by atoms with Gasteiger partial charge in [0.2, 0.25) is 11.8 Å². The molecule has 1 unspecified atom stereocenters. The molecule has 1 aliphatic heterocycles. The SMILES string of the molecule is CC[C@H](C)[C@H](NC(=O)[C@H]1CCCCN1)C(=O)N(C)[C@H](C[C@@H](OC(C)=O)c1nc(C(=O)NC(Cc2ccccc2)C[C@H](C)C(=O)O)cs1)C(C)C. The van der Waals surface area contributed by atoms with Gasteiger partial charge in [0.05, 0.1) is 12.0 Å². The van der Waals surface area contributed by atoms with E-state index in [1.54, 1.807) is 24.3 Å². The Labute approximate surface area is 300 Å². The van der Waals surface area contributed by atoms with Gasteiger partial charge in [-0.15, -0.1) is 11.3 Å². The van der Waals surface area contributed by atoms with Gasteiger partial charge in [-0.3, -0.25) is 24.0 Å². The molecule has 1 aromatic heterocycles. The second kappa shape index (κ2) is 19.5. The van der Waals surface area contributed by atoms with Crippen LogP contribution in [0.25, 0.3) is 0 Å². The van der Waals surface area contributed by atoms with Gasteiger partial charge < -0.3 is 30.7 Å². The van der Waals surface area contributed by atoms with Gasteiger partial charge in [0.15, 0.2) is 6.10 Å². The molecule has 1 aliphatic rings. The maximum absolute atomic E-state index is 14.1. The van der Waals surface area contributed by atoms with E-state index in [0.717, 1.165) is 31.4 Å². The summed E-state index contributed by atoms with van der Waals surface area (Å²) in [7, 11) is 1.71. The molecule has 0 radical (unpaired) electrons. The summed E-state index contributed by atoms with van der Waals surface area (Å²) in [4.78, 5) is 70.8. The molecule has 0 spiro atoms. The topological polar surface area (TPSA) is 167 Å². The zero-order chi connectivity index (χ0) is 37.0. The van der Waals surface area contributed by atoms with Crippen LogP contribution in [0.3, 0.4) is 0 Å². The highest BCUT2D eigenvalue weighted by Gasteiger charge is 2.36. The van der Waals surface area contributed by atoms with Gasteiger partial charge in [-0.2, -0.15) is 0 Å². The summed E-state index contributed by atoms with van der Waals surface area (Å²) in [5.41, 5.74) is 1.09. The Morgan fingerprint density at radius 3 is 2.34 bits per heavy atom. The number of carboxylic acids is 1. The van der Waals surface area contributed by atoms with E-state index in [9.17, 15) is 29.1 Å². The summed E-state index contributed by atoms with van der Waals surface area (Å²) >= 11 is 1.18. The lowest BCUT2D eigenvalue weighted by molar-refractivity contribution is -0.149. The van der Waals surface area contributed by atoms with E-state index in [-0.39, 0.29) is 48.2 Å². The average molecular weight is 714 g/mol. The predicted molar refractivity (Wildman–Crippen MR) is 192 cm³/mol. The molecule has 1 fully saturated rings. The molecule has 3 rings (SSSR count). The van der Waals surface area contributed by atoms with Crippen LogP contribution in [-0.4, -0.2) is 82.4 Å². The molecule has 12 nitrogen and oxygen atoms in total. The second-order valence-electron chi connectivity index (χ2n) is 13.9. The molecule has 0 bridgehead atoms. The van der Waals surface area contributed by atoms with Crippen molar-refractivity contribution in [3.8, 4) is 0 Å². The number of hydrogen-bond acceptors (Lipinski definition) is 9. The first kappa shape index (κ1) is 40.6. The van der Waals surface area contributed by atoms with Gasteiger partial charge in [0.1, 0.15) is 16.7 Å². The fourth-order valence-electron chi connectivity index (χ4n) is 6.31. The summed E-state index contributed by atoms with van der Waals surface area (Å²) in [6.07, 6.45) is 3.46. The van der Waals surface area contributed by atoms with Crippen molar-refractivity contribution >= 4 is 41.0 Å². The van der Waals surface area contributed by atoms with Crippen molar-refractivity contribution < 1.29 is 33.8 Å². The van der Waals surface area contributed by atoms with Crippen LogP contribution in [-0.2, 0) is 30.3 Å². The number of aromatic nitrogens is 1. The Kier molecular flexibility index (Phi) is 15.8. The fraction of sp³-hybridized carbons (Fsp3) is 0.622. The van der Waals surface area contributed by atoms with Gasteiger partial charge in [-0.05, 0) is 49.6 Å². The molecule has 7 atom stereocenters. The van der Waals surface area contributed by atoms with Crippen LogP contribution in [0.4, 0.5) is 0 Å². The van der Waals surface area contributed by atoms with Gasteiger partial charge in [0, 0.05) is 37.9 Å². The maximum atomic E-state index is 14.1. The number of nitrogens with zero attached hydrogens (tertiary/aromatic N) is 2. The number of carboxylic acid groups (broad SMARTS) is 1. The molecule has 2 heterocycles. The summed E-state index contributed by atoms with van der Waals surface area (Å²) in [6.45, 7) is 11.6. The van der Waals surface area contributed by atoms with E-state index in [2.05, 4.69) is 20.9 Å². The number of aliphatic carboxylic acids is 1. The monoisotopic (exact) mass is 713 g/mol. The minimum Gasteiger partial charge on any atom is -0.481 e. The highest BCUT2D eigenvalue weighted by Crippen LogP contribution is 2.31. The molecule has 0 aliphatic carbocycles. The van der Waals surface area contributed by atoms with Crippen LogP contribution >= 0.6 is 11.3 Å². The lowest BCUT2D eigenvalue weighted by Crippen LogP contribution is -2.57. The van der Waals surface area contributed by atoms with E-state index in [1.807, 2.05) is 58.0 Å². The van der Waals surface area contributed by atoms with E-state index >= 15 is 0 Å². The minimum atomic E-state index is -0.945. The third-order valence-electron chi connectivity index (χ3n) is 9.53. The molecule has 0 saturated carbocycles. The molecule has 13 heteroatoms.